The van der Waals surface area contributed by atoms with Gasteiger partial charge in [0, 0.05) is 29.6 Å². The van der Waals surface area contributed by atoms with Crippen LogP contribution in [0.2, 0.25) is 0 Å². The number of hydrogen-bond acceptors (Lipinski definition) is 8. The molecule has 12 heteroatoms. The van der Waals surface area contributed by atoms with E-state index in [0.29, 0.717) is 22.4 Å². The van der Waals surface area contributed by atoms with Crippen LogP contribution in [0, 0.1) is 5.41 Å². The maximum atomic E-state index is 13.0. The molecule has 0 fully saturated rings. The molecule has 0 unspecified atom stereocenters. The first kappa shape index (κ1) is 27.5. The first-order valence-electron chi connectivity index (χ1n) is 11.5. The Morgan fingerprint density at radius 1 is 1.08 bits per heavy atom. The van der Waals surface area contributed by atoms with Crippen LogP contribution in [0.3, 0.4) is 0 Å². The van der Waals surface area contributed by atoms with E-state index in [1.807, 2.05) is 0 Å². The van der Waals surface area contributed by atoms with Crippen molar-refractivity contribution >= 4 is 35.1 Å². The summed E-state index contributed by atoms with van der Waals surface area (Å²) in [6.07, 6.45) is 1.45. The molecule has 2 aromatic carbocycles. The highest BCUT2D eigenvalue weighted by atomic mass is 16.5. The Kier molecular flexibility index (Phi) is 9.19. The van der Waals surface area contributed by atoms with Crippen LogP contribution in [0.15, 0.2) is 54.7 Å². The SMILES string of the molecule is CCOc1cc(CC(N)=O)cc(CNc2ncccc2C(=O)Nc2ccc(C(=N)N)cc2)c1OCC(=O)O. The fourth-order valence-corrected chi connectivity index (χ4v) is 3.56. The van der Waals surface area contributed by atoms with Gasteiger partial charge in [-0.25, -0.2) is 9.78 Å². The van der Waals surface area contributed by atoms with E-state index in [4.69, 9.17) is 31.5 Å². The predicted molar refractivity (Wildman–Crippen MR) is 141 cm³/mol. The van der Waals surface area contributed by atoms with Crippen LogP contribution in [0.1, 0.15) is 34.0 Å². The topological polar surface area (TPSA) is 203 Å². The van der Waals surface area contributed by atoms with Crippen molar-refractivity contribution in [2.24, 2.45) is 11.5 Å². The monoisotopic (exact) mass is 520 g/mol. The number of carbonyl (C=O) groups excluding carboxylic acids is 2. The molecule has 0 aliphatic rings. The Hall–Kier alpha value is -5.13. The number of rotatable bonds is 13. The van der Waals surface area contributed by atoms with Crippen LogP contribution in [0.5, 0.6) is 11.5 Å². The Balaban J connectivity index is 1.87. The molecule has 1 heterocycles. The largest absolute Gasteiger partial charge is 0.490 e. The molecule has 0 atom stereocenters. The molecule has 3 aromatic rings. The molecule has 8 N–H and O–H groups in total. The van der Waals surface area contributed by atoms with Gasteiger partial charge in [-0.1, -0.05) is 0 Å². The van der Waals surface area contributed by atoms with Gasteiger partial charge in [0.25, 0.3) is 5.91 Å². The van der Waals surface area contributed by atoms with Gasteiger partial charge in [0.1, 0.15) is 11.7 Å². The molecular formula is C26H28N6O6. The van der Waals surface area contributed by atoms with Crippen molar-refractivity contribution in [3.8, 4) is 11.5 Å². The number of nitrogen functional groups attached to an aromatic ring is 1. The lowest BCUT2D eigenvalue weighted by Gasteiger charge is -2.18. The second kappa shape index (κ2) is 12.7. The summed E-state index contributed by atoms with van der Waals surface area (Å²) in [6.45, 7) is 1.48. The number of carboxylic acids is 1. The highest BCUT2D eigenvalue weighted by Crippen LogP contribution is 2.34. The van der Waals surface area contributed by atoms with Gasteiger partial charge in [-0.05, 0) is 61.0 Å². The Bertz CT molecular complexity index is 1340. The molecule has 1 aromatic heterocycles. The fraction of sp³-hybridized carbons (Fsp3) is 0.192. The molecule has 12 nitrogen and oxygen atoms in total. The number of primary amides is 1. The van der Waals surface area contributed by atoms with Crippen molar-refractivity contribution < 1.29 is 29.0 Å². The van der Waals surface area contributed by atoms with Crippen molar-refractivity contribution in [3.05, 3.63) is 77.0 Å². The zero-order chi connectivity index (χ0) is 27.7. The first-order valence-corrected chi connectivity index (χ1v) is 11.5. The minimum atomic E-state index is -1.17. The summed E-state index contributed by atoms with van der Waals surface area (Å²) in [5, 5.41) is 22.4. The number of ether oxygens (including phenoxy) is 2. The fourth-order valence-electron chi connectivity index (χ4n) is 3.56. The van der Waals surface area contributed by atoms with E-state index < -0.39 is 24.4 Å². The lowest BCUT2D eigenvalue weighted by atomic mass is 10.1. The van der Waals surface area contributed by atoms with Crippen molar-refractivity contribution in [2.45, 2.75) is 19.9 Å². The molecule has 198 valence electrons. The van der Waals surface area contributed by atoms with Crippen molar-refractivity contribution in [2.75, 3.05) is 23.8 Å². The molecule has 38 heavy (non-hydrogen) atoms. The molecule has 3 rings (SSSR count). The van der Waals surface area contributed by atoms with Crippen LogP contribution in [-0.4, -0.2) is 46.9 Å². The third-order valence-corrected chi connectivity index (χ3v) is 5.16. The first-order chi connectivity index (χ1) is 18.2. The van der Waals surface area contributed by atoms with Gasteiger partial charge in [-0.3, -0.25) is 15.0 Å². The third-order valence-electron chi connectivity index (χ3n) is 5.16. The Morgan fingerprint density at radius 3 is 2.45 bits per heavy atom. The highest BCUT2D eigenvalue weighted by Gasteiger charge is 2.18. The number of hydrogen-bond donors (Lipinski definition) is 6. The van der Waals surface area contributed by atoms with Gasteiger partial charge in [0.2, 0.25) is 5.91 Å². The van der Waals surface area contributed by atoms with Crippen molar-refractivity contribution in [1.82, 2.24) is 4.98 Å². The molecule has 0 aliphatic heterocycles. The van der Waals surface area contributed by atoms with E-state index in [2.05, 4.69) is 15.6 Å². The Labute approximate surface area is 218 Å². The standard InChI is InChI=1S/C26H28N6O6/c1-2-37-20-11-15(12-21(27)33)10-17(23(20)38-14-22(34)35)13-31-25-19(4-3-9-30-25)26(36)32-18-7-5-16(6-8-18)24(28)29/h3-11H,2,12-14H2,1H3,(H2,27,33)(H3,28,29)(H,30,31)(H,32,36)(H,34,35). The minimum Gasteiger partial charge on any atom is -0.490 e. The molecule has 0 bridgehead atoms. The summed E-state index contributed by atoms with van der Waals surface area (Å²) >= 11 is 0. The number of carboxylic acid groups (broad SMARTS) is 1. The molecule has 0 aliphatic carbocycles. The Morgan fingerprint density at radius 2 is 1.82 bits per heavy atom. The van der Waals surface area contributed by atoms with E-state index in [0.717, 1.165) is 0 Å². The van der Waals surface area contributed by atoms with E-state index in [9.17, 15) is 14.4 Å². The minimum absolute atomic E-state index is 0.0617. The molecule has 2 amide bonds. The number of nitrogens with zero attached hydrogens (tertiary/aromatic N) is 1. The van der Waals surface area contributed by atoms with E-state index >= 15 is 0 Å². The summed E-state index contributed by atoms with van der Waals surface area (Å²) in [4.78, 5) is 40.0. The number of amidine groups is 1. The number of nitrogens with two attached hydrogens (primary N) is 2. The van der Waals surface area contributed by atoms with Gasteiger partial charge in [0.05, 0.1) is 18.6 Å². The summed E-state index contributed by atoms with van der Waals surface area (Å²) in [7, 11) is 0. The average molecular weight is 521 g/mol. The summed E-state index contributed by atoms with van der Waals surface area (Å²) < 4.78 is 11.1. The molecule has 0 radical (unpaired) electrons. The van der Waals surface area contributed by atoms with Gasteiger partial charge in [0.15, 0.2) is 18.1 Å². The molecule has 0 saturated carbocycles. The molecule has 0 saturated heterocycles. The third kappa shape index (κ3) is 7.43. The van der Waals surface area contributed by atoms with Gasteiger partial charge < -0.3 is 36.7 Å². The maximum Gasteiger partial charge on any atom is 0.341 e. The highest BCUT2D eigenvalue weighted by molar-refractivity contribution is 6.07. The lowest BCUT2D eigenvalue weighted by molar-refractivity contribution is -0.139. The second-order valence-corrected chi connectivity index (χ2v) is 8.04. The van der Waals surface area contributed by atoms with E-state index in [-0.39, 0.29) is 48.3 Å². The normalized spacial score (nSPS) is 10.3. The number of aromatic nitrogens is 1. The summed E-state index contributed by atoms with van der Waals surface area (Å²) in [5.74, 6) is -1.54. The molecular weight excluding hydrogens is 492 g/mol. The van der Waals surface area contributed by atoms with Crippen molar-refractivity contribution in [3.63, 3.8) is 0 Å². The lowest BCUT2D eigenvalue weighted by Crippen LogP contribution is -2.18. The molecule has 0 spiro atoms. The number of benzene rings is 2. The maximum absolute atomic E-state index is 13.0. The number of carbonyl (C=O) groups is 3. The number of amides is 2. The number of pyridine rings is 1. The number of aliphatic carboxylic acids is 1. The average Bonchev–Trinajstić information content (AvgIpc) is 2.87. The van der Waals surface area contributed by atoms with Crippen LogP contribution < -0.4 is 31.6 Å². The number of nitrogens with one attached hydrogen (secondary N) is 3. The van der Waals surface area contributed by atoms with Crippen molar-refractivity contribution in [1.29, 1.82) is 5.41 Å². The smallest absolute Gasteiger partial charge is 0.341 e. The predicted octanol–water partition coefficient (Wildman–Crippen LogP) is 2.12. The second-order valence-electron chi connectivity index (χ2n) is 8.04. The summed E-state index contributed by atoms with van der Waals surface area (Å²) in [6, 6.07) is 12.9. The van der Waals surface area contributed by atoms with Crippen LogP contribution >= 0.6 is 0 Å². The van der Waals surface area contributed by atoms with Crippen LogP contribution in [-0.2, 0) is 22.6 Å². The van der Waals surface area contributed by atoms with Crippen LogP contribution in [0.4, 0.5) is 11.5 Å². The van der Waals surface area contributed by atoms with Crippen LogP contribution in [0.25, 0.3) is 0 Å². The van der Waals surface area contributed by atoms with Gasteiger partial charge in [-0.2, -0.15) is 0 Å². The zero-order valence-electron chi connectivity index (χ0n) is 20.6. The summed E-state index contributed by atoms with van der Waals surface area (Å²) in [5.41, 5.74) is 13.1. The van der Waals surface area contributed by atoms with E-state index in [1.54, 1.807) is 55.5 Å². The number of anilines is 2. The van der Waals surface area contributed by atoms with E-state index in [1.165, 1.54) is 6.20 Å². The quantitative estimate of drug-likeness (QED) is 0.144. The van der Waals surface area contributed by atoms with Gasteiger partial charge in [-0.15, -0.1) is 0 Å². The zero-order valence-corrected chi connectivity index (χ0v) is 20.6. The van der Waals surface area contributed by atoms with Gasteiger partial charge >= 0.3 is 5.97 Å².